The summed E-state index contributed by atoms with van der Waals surface area (Å²) in [6.45, 7) is 8.39. The van der Waals surface area contributed by atoms with Crippen LogP contribution in [0.3, 0.4) is 0 Å². The van der Waals surface area contributed by atoms with E-state index in [2.05, 4.69) is 25.5 Å². The van der Waals surface area contributed by atoms with Crippen molar-refractivity contribution < 1.29 is 4.79 Å². The lowest BCUT2D eigenvalue weighted by atomic mass is 9.97. The summed E-state index contributed by atoms with van der Waals surface area (Å²) < 4.78 is 1.78. The quantitative estimate of drug-likeness (QED) is 0.923. The molecular weight excluding hydrogens is 292 g/mol. The Kier molecular flexibility index (Phi) is 4.45. The standard InChI is InChI=1S/C16H24N6O/c1-11(2)16(23)17-9-13-5-4-8-21(10-13)15-7-6-14-19-18-12(3)22(14)20-15/h6-7,11,13H,4-5,8-10H2,1-3H3,(H,17,23). The van der Waals surface area contributed by atoms with Gasteiger partial charge in [-0.15, -0.1) is 15.3 Å². The number of nitrogens with zero attached hydrogens (tertiary/aromatic N) is 5. The number of amides is 1. The van der Waals surface area contributed by atoms with Crippen LogP contribution in [0.15, 0.2) is 12.1 Å². The van der Waals surface area contributed by atoms with Gasteiger partial charge in [-0.05, 0) is 37.8 Å². The number of carbonyl (C=O) groups excluding carboxylic acids is 1. The average molecular weight is 316 g/mol. The van der Waals surface area contributed by atoms with Crippen molar-refractivity contribution in [2.45, 2.75) is 33.6 Å². The molecule has 0 aliphatic carbocycles. The molecule has 0 bridgehead atoms. The number of carbonyl (C=O) groups is 1. The van der Waals surface area contributed by atoms with Crippen LogP contribution in [0.1, 0.15) is 32.5 Å². The maximum atomic E-state index is 11.7. The zero-order valence-electron chi connectivity index (χ0n) is 14.0. The minimum absolute atomic E-state index is 0.0375. The summed E-state index contributed by atoms with van der Waals surface area (Å²) in [6, 6.07) is 3.95. The van der Waals surface area contributed by atoms with Crippen LogP contribution in [0.2, 0.25) is 0 Å². The van der Waals surface area contributed by atoms with E-state index in [-0.39, 0.29) is 11.8 Å². The molecule has 0 aromatic carbocycles. The van der Waals surface area contributed by atoms with Crippen LogP contribution in [0.25, 0.3) is 5.65 Å². The van der Waals surface area contributed by atoms with E-state index >= 15 is 0 Å². The number of aryl methyl sites for hydroxylation is 1. The Balaban J connectivity index is 1.67. The van der Waals surface area contributed by atoms with Gasteiger partial charge in [-0.25, -0.2) is 0 Å². The van der Waals surface area contributed by atoms with E-state index in [0.717, 1.165) is 49.8 Å². The highest BCUT2D eigenvalue weighted by Crippen LogP contribution is 2.21. The highest BCUT2D eigenvalue weighted by atomic mass is 16.1. The van der Waals surface area contributed by atoms with Gasteiger partial charge in [0, 0.05) is 25.6 Å². The molecule has 124 valence electrons. The number of hydrogen-bond donors (Lipinski definition) is 1. The Morgan fingerprint density at radius 1 is 1.39 bits per heavy atom. The van der Waals surface area contributed by atoms with E-state index in [4.69, 9.17) is 0 Å². The average Bonchev–Trinajstić information content (AvgIpc) is 2.93. The summed E-state index contributed by atoms with van der Waals surface area (Å²) in [6.07, 6.45) is 2.26. The van der Waals surface area contributed by atoms with Crippen molar-refractivity contribution in [3.63, 3.8) is 0 Å². The van der Waals surface area contributed by atoms with Crippen LogP contribution in [-0.4, -0.2) is 45.4 Å². The largest absolute Gasteiger partial charge is 0.356 e. The van der Waals surface area contributed by atoms with Gasteiger partial charge in [0.15, 0.2) is 11.5 Å². The SMILES string of the molecule is Cc1nnc2ccc(N3CCCC(CNC(=O)C(C)C)C3)nn12. The van der Waals surface area contributed by atoms with E-state index in [1.165, 1.54) is 0 Å². The highest BCUT2D eigenvalue weighted by molar-refractivity contribution is 5.77. The molecule has 1 saturated heterocycles. The lowest BCUT2D eigenvalue weighted by Gasteiger charge is -2.33. The van der Waals surface area contributed by atoms with E-state index in [0.29, 0.717) is 5.92 Å². The fraction of sp³-hybridized carbons (Fsp3) is 0.625. The minimum atomic E-state index is 0.0375. The highest BCUT2D eigenvalue weighted by Gasteiger charge is 2.22. The van der Waals surface area contributed by atoms with Crippen molar-refractivity contribution in [3.05, 3.63) is 18.0 Å². The predicted octanol–water partition coefficient (Wildman–Crippen LogP) is 1.42. The fourth-order valence-corrected chi connectivity index (χ4v) is 2.94. The van der Waals surface area contributed by atoms with Crippen LogP contribution in [0.4, 0.5) is 5.82 Å². The monoisotopic (exact) mass is 316 g/mol. The molecular formula is C16H24N6O. The summed E-state index contributed by atoms with van der Waals surface area (Å²) in [5.74, 6) is 2.36. The molecule has 1 unspecified atom stereocenters. The second kappa shape index (κ2) is 6.52. The zero-order valence-corrected chi connectivity index (χ0v) is 14.0. The van der Waals surface area contributed by atoms with Crippen molar-refractivity contribution >= 4 is 17.4 Å². The Labute approximate surface area is 136 Å². The van der Waals surface area contributed by atoms with Gasteiger partial charge in [-0.3, -0.25) is 4.79 Å². The molecule has 2 aromatic heterocycles. The maximum Gasteiger partial charge on any atom is 0.222 e. The molecule has 0 radical (unpaired) electrons. The molecule has 0 saturated carbocycles. The van der Waals surface area contributed by atoms with Crippen molar-refractivity contribution in [1.29, 1.82) is 0 Å². The second-order valence-corrected chi connectivity index (χ2v) is 6.56. The van der Waals surface area contributed by atoms with Gasteiger partial charge in [-0.2, -0.15) is 4.52 Å². The summed E-state index contributed by atoms with van der Waals surface area (Å²) >= 11 is 0. The van der Waals surface area contributed by atoms with Crippen molar-refractivity contribution in [2.75, 3.05) is 24.5 Å². The zero-order chi connectivity index (χ0) is 16.4. The first-order chi connectivity index (χ1) is 11.0. The first-order valence-electron chi connectivity index (χ1n) is 8.26. The molecule has 23 heavy (non-hydrogen) atoms. The Morgan fingerprint density at radius 3 is 3.00 bits per heavy atom. The molecule has 7 nitrogen and oxygen atoms in total. The van der Waals surface area contributed by atoms with Gasteiger partial charge >= 0.3 is 0 Å². The molecule has 1 aliphatic rings. The molecule has 3 rings (SSSR count). The van der Waals surface area contributed by atoms with Gasteiger partial charge in [0.1, 0.15) is 5.82 Å². The minimum Gasteiger partial charge on any atom is -0.356 e. The van der Waals surface area contributed by atoms with Gasteiger partial charge in [0.25, 0.3) is 0 Å². The molecule has 7 heteroatoms. The number of aromatic nitrogens is 4. The molecule has 0 spiro atoms. The van der Waals surface area contributed by atoms with E-state index < -0.39 is 0 Å². The van der Waals surface area contributed by atoms with Crippen molar-refractivity contribution in [1.82, 2.24) is 25.1 Å². The number of hydrogen-bond acceptors (Lipinski definition) is 5. The van der Waals surface area contributed by atoms with E-state index in [9.17, 15) is 4.79 Å². The van der Waals surface area contributed by atoms with Crippen molar-refractivity contribution in [3.8, 4) is 0 Å². The summed E-state index contributed by atoms with van der Waals surface area (Å²) in [4.78, 5) is 14.0. The van der Waals surface area contributed by atoms with Crippen LogP contribution in [-0.2, 0) is 4.79 Å². The number of anilines is 1. The molecule has 2 aromatic rings. The predicted molar refractivity (Wildman–Crippen MR) is 88.3 cm³/mol. The number of piperidine rings is 1. The van der Waals surface area contributed by atoms with Crippen LogP contribution in [0, 0.1) is 18.8 Å². The van der Waals surface area contributed by atoms with E-state index in [1.54, 1.807) is 4.52 Å². The third kappa shape index (κ3) is 3.43. The summed E-state index contributed by atoms with van der Waals surface area (Å²) in [7, 11) is 0. The summed E-state index contributed by atoms with van der Waals surface area (Å²) in [5.41, 5.74) is 0.768. The molecule has 1 fully saturated rings. The molecule has 1 aliphatic heterocycles. The number of nitrogens with one attached hydrogen (secondary N) is 1. The fourth-order valence-electron chi connectivity index (χ4n) is 2.94. The third-order valence-corrected chi connectivity index (χ3v) is 4.34. The maximum absolute atomic E-state index is 11.7. The first-order valence-corrected chi connectivity index (χ1v) is 8.26. The molecule has 1 atom stereocenters. The topological polar surface area (TPSA) is 75.4 Å². The Hall–Kier alpha value is -2.18. The Morgan fingerprint density at radius 2 is 2.22 bits per heavy atom. The lowest BCUT2D eigenvalue weighted by Crippen LogP contribution is -2.42. The van der Waals surface area contributed by atoms with Crippen LogP contribution in [0.5, 0.6) is 0 Å². The van der Waals surface area contributed by atoms with Crippen LogP contribution < -0.4 is 10.2 Å². The van der Waals surface area contributed by atoms with Crippen LogP contribution >= 0.6 is 0 Å². The third-order valence-electron chi connectivity index (χ3n) is 4.34. The second-order valence-electron chi connectivity index (χ2n) is 6.56. The number of rotatable bonds is 4. The van der Waals surface area contributed by atoms with Gasteiger partial charge < -0.3 is 10.2 Å². The van der Waals surface area contributed by atoms with Gasteiger partial charge in [0.05, 0.1) is 0 Å². The van der Waals surface area contributed by atoms with E-state index in [1.807, 2.05) is 32.9 Å². The summed E-state index contributed by atoms with van der Waals surface area (Å²) in [5, 5.41) is 15.8. The molecule has 3 heterocycles. The number of fused-ring (bicyclic) bond motifs is 1. The normalized spacial score (nSPS) is 18.6. The molecule has 1 amide bonds. The van der Waals surface area contributed by atoms with Gasteiger partial charge in [0.2, 0.25) is 5.91 Å². The molecule has 1 N–H and O–H groups in total. The van der Waals surface area contributed by atoms with Gasteiger partial charge in [-0.1, -0.05) is 13.8 Å². The first kappa shape index (κ1) is 15.7. The Bertz CT molecular complexity index is 695. The smallest absolute Gasteiger partial charge is 0.222 e. The lowest BCUT2D eigenvalue weighted by molar-refractivity contribution is -0.124. The van der Waals surface area contributed by atoms with Crippen molar-refractivity contribution in [2.24, 2.45) is 11.8 Å².